The van der Waals surface area contributed by atoms with Gasteiger partial charge >= 0.3 is 0 Å². The van der Waals surface area contributed by atoms with Crippen molar-refractivity contribution in [2.45, 2.75) is 52.7 Å². The van der Waals surface area contributed by atoms with Crippen molar-refractivity contribution in [2.75, 3.05) is 7.05 Å². The third kappa shape index (κ3) is 3.27. The summed E-state index contributed by atoms with van der Waals surface area (Å²) in [6.07, 6.45) is 3.43. The summed E-state index contributed by atoms with van der Waals surface area (Å²) in [5, 5.41) is 19.7. The SMILES string of the molecule is CN=C(NCc1c(C)nn(C)c1C)NCc1nnc2n1CCCC2. The third-order valence-corrected chi connectivity index (χ3v) is 4.67. The normalized spacial score (nSPS) is 14.6. The molecule has 130 valence electrons. The number of aromatic nitrogens is 5. The van der Waals surface area contributed by atoms with Crippen molar-refractivity contribution in [3.63, 3.8) is 0 Å². The van der Waals surface area contributed by atoms with E-state index >= 15 is 0 Å². The number of aliphatic imine (C=N–C) groups is 1. The van der Waals surface area contributed by atoms with Crippen LogP contribution in [0.2, 0.25) is 0 Å². The Morgan fingerprint density at radius 3 is 2.67 bits per heavy atom. The smallest absolute Gasteiger partial charge is 0.191 e. The highest BCUT2D eigenvalue weighted by atomic mass is 15.3. The summed E-state index contributed by atoms with van der Waals surface area (Å²) in [6.45, 7) is 6.44. The molecule has 1 aliphatic heterocycles. The van der Waals surface area contributed by atoms with Gasteiger partial charge in [0.25, 0.3) is 0 Å². The number of rotatable bonds is 4. The van der Waals surface area contributed by atoms with Crippen LogP contribution in [0.25, 0.3) is 0 Å². The van der Waals surface area contributed by atoms with Crippen molar-refractivity contribution in [1.29, 1.82) is 0 Å². The van der Waals surface area contributed by atoms with Gasteiger partial charge in [0.2, 0.25) is 0 Å². The van der Waals surface area contributed by atoms with Crippen molar-refractivity contribution < 1.29 is 0 Å². The Morgan fingerprint density at radius 2 is 1.96 bits per heavy atom. The van der Waals surface area contributed by atoms with E-state index < -0.39 is 0 Å². The van der Waals surface area contributed by atoms with Crippen molar-refractivity contribution in [2.24, 2.45) is 12.0 Å². The van der Waals surface area contributed by atoms with E-state index in [1.54, 1.807) is 7.05 Å². The minimum Gasteiger partial charge on any atom is -0.352 e. The Hall–Kier alpha value is -2.38. The number of nitrogens with one attached hydrogen (secondary N) is 2. The van der Waals surface area contributed by atoms with Crippen molar-refractivity contribution in [3.8, 4) is 0 Å². The van der Waals surface area contributed by atoms with Crippen LogP contribution in [0, 0.1) is 13.8 Å². The van der Waals surface area contributed by atoms with Gasteiger partial charge < -0.3 is 15.2 Å². The quantitative estimate of drug-likeness (QED) is 0.641. The molecule has 0 radical (unpaired) electrons. The topological polar surface area (TPSA) is 84.9 Å². The van der Waals surface area contributed by atoms with Gasteiger partial charge in [-0.3, -0.25) is 9.67 Å². The zero-order valence-corrected chi connectivity index (χ0v) is 14.9. The largest absolute Gasteiger partial charge is 0.352 e. The fourth-order valence-electron chi connectivity index (χ4n) is 3.13. The lowest BCUT2D eigenvalue weighted by molar-refractivity contribution is 0.504. The minimum absolute atomic E-state index is 0.623. The molecule has 2 N–H and O–H groups in total. The molecule has 0 aromatic carbocycles. The molecule has 0 unspecified atom stereocenters. The first-order valence-corrected chi connectivity index (χ1v) is 8.44. The second-order valence-corrected chi connectivity index (χ2v) is 6.19. The van der Waals surface area contributed by atoms with E-state index in [0.29, 0.717) is 13.1 Å². The maximum absolute atomic E-state index is 4.44. The van der Waals surface area contributed by atoms with Gasteiger partial charge in [-0.1, -0.05) is 0 Å². The summed E-state index contributed by atoms with van der Waals surface area (Å²) in [7, 11) is 3.74. The van der Waals surface area contributed by atoms with Gasteiger partial charge in [0, 0.05) is 44.9 Å². The average Bonchev–Trinajstić information content (AvgIpc) is 3.10. The molecule has 0 bridgehead atoms. The second kappa shape index (κ2) is 7.02. The van der Waals surface area contributed by atoms with E-state index in [-0.39, 0.29) is 0 Å². The lowest BCUT2D eigenvalue weighted by Crippen LogP contribution is -2.37. The van der Waals surface area contributed by atoms with E-state index in [4.69, 9.17) is 0 Å². The van der Waals surface area contributed by atoms with Gasteiger partial charge in [-0.15, -0.1) is 10.2 Å². The number of nitrogens with zero attached hydrogens (tertiary/aromatic N) is 6. The van der Waals surface area contributed by atoms with E-state index in [0.717, 1.165) is 36.3 Å². The molecule has 0 atom stereocenters. The molecule has 0 amide bonds. The van der Waals surface area contributed by atoms with E-state index in [2.05, 4.69) is 42.4 Å². The standard InChI is InChI=1S/C16H26N8/c1-11-13(12(2)23(4)22-11)9-18-16(17-3)19-10-15-21-20-14-7-5-6-8-24(14)15/h5-10H2,1-4H3,(H2,17,18,19). The Kier molecular flexibility index (Phi) is 4.82. The van der Waals surface area contributed by atoms with Crippen LogP contribution in [0.1, 0.15) is 41.4 Å². The van der Waals surface area contributed by atoms with Crippen LogP contribution < -0.4 is 10.6 Å². The van der Waals surface area contributed by atoms with E-state index in [1.807, 2.05) is 18.7 Å². The van der Waals surface area contributed by atoms with Crippen molar-refractivity contribution >= 4 is 5.96 Å². The van der Waals surface area contributed by atoms with Gasteiger partial charge in [0.05, 0.1) is 12.2 Å². The van der Waals surface area contributed by atoms with Gasteiger partial charge in [-0.05, 0) is 26.7 Å². The fraction of sp³-hybridized carbons (Fsp3) is 0.625. The van der Waals surface area contributed by atoms with E-state index in [9.17, 15) is 0 Å². The molecule has 0 saturated heterocycles. The van der Waals surface area contributed by atoms with Crippen LogP contribution in [0.4, 0.5) is 0 Å². The lowest BCUT2D eigenvalue weighted by atomic mass is 10.2. The number of guanidine groups is 1. The lowest BCUT2D eigenvalue weighted by Gasteiger charge is -2.16. The molecule has 8 nitrogen and oxygen atoms in total. The second-order valence-electron chi connectivity index (χ2n) is 6.19. The molecule has 1 aliphatic rings. The van der Waals surface area contributed by atoms with Crippen LogP contribution >= 0.6 is 0 Å². The molecular weight excluding hydrogens is 304 g/mol. The van der Waals surface area contributed by atoms with Crippen LogP contribution in [-0.4, -0.2) is 37.6 Å². The van der Waals surface area contributed by atoms with Gasteiger partial charge in [0.1, 0.15) is 5.82 Å². The van der Waals surface area contributed by atoms with Crippen LogP contribution in [0.15, 0.2) is 4.99 Å². The Bertz CT molecular complexity index is 740. The molecule has 3 heterocycles. The Labute approximate surface area is 142 Å². The average molecular weight is 330 g/mol. The minimum atomic E-state index is 0.623. The Balaban J connectivity index is 1.59. The zero-order valence-electron chi connectivity index (χ0n) is 14.9. The molecule has 0 spiro atoms. The molecule has 0 aliphatic carbocycles. The third-order valence-electron chi connectivity index (χ3n) is 4.67. The number of hydrogen-bond acceptors (Lipinski definition) is 4. The molecule has 3 rings (SSSR count). The summed E-state index contributed by atoms with van der Waals surface area (Å²) in [6, 6.07) is 0. The molecule has 8 heteroatoms. The molecular formula is C16H26N8. The summed E-state index contributed by atoms with van der Waals surface area (Å²) >= 11 is 0. The molecule has 2 aromatic rings. The summed E-state index contributed by atoms with van der Waals surface area (Å²) in [4.78, 5) is 4.29. The predicted molar refractivity (Wildman–Crippen MR) is 92.7 cm³/mol. The zero-order chi connectivity index (χ0) is 17.1. The highest BCUT2D eigenvalue weighted by molar-refractivity contribution is 5.79. The Morgan fingerprint density at radius 1 is 1.17 bits per heavy atom. The first-order valence-electron chi connectivity index (χ1n) is 8.44. The van der Waals surface area contributed by atoms with Crippen LogP contribution in [-0.2, 0) is 33.1 Å². The first-order chi connectivity index (χ1) is 11.6. The van der Waals surface area contributed by atoms with Crippen molar-refractivity contribution in [3.05, 3.63) is 28.6 Å². The van der Waals surface area contributed by atoms with E-state index in [1.165, 1.54) is 24.1 Å². The summed E-state index contributed by atoms with van der Waals surface area (Å²) < 4.78 is 4.13. The van der Waals surface area contributed by atoms with Crippen LogP contribution in [0.5, 0.6) is 0 Å². The van der Waals surface area contributed by atoms with Gasteiger partial charge in [-0.25, -0.2) is 0 Å². The monoisotopic (exact) mass is 330 g/mol. The predicted octanol–water partition coefficient (Wildman–Crippen LogP) is 0.830. The molecule has 24 heavy (non-hydrogen) atoms. The maximum Gasteiger partial charge on any atom is 0.191 e. The number of fused-ring (bicyclic) bond motifs is 1. The summed E-state index contributed by atoms with van der Waals surface area (Å²) in [5.74, 6) is 2.83. The number of hydrogen-bond donors (Lipinski definition) is 2. The maximum atomic E-state index is 4.44. The summed E-state index contributed by atoms with van der Waals surface area (Å²) in [5.41, 5.74) is 3.42. The van der Waals surface area contributed by atoms with Crippen LogP contribution in [0.3, 0.4) is 0 Å². The fourth-order valence-corrected chi connectivity index (χ4v) is 3.13. The first kappa shape index (κ1) is 16.5. The van der Waals surface area contributed by atoms with Gasteiger partial charge in [0.15, 0.2) is 11.8 Å². The highest BCUT2D eigenvalue weighted by Crippen LogP contribution is 2.14. The molecule has 2 aromatic heterocycles. The van der Waals surface area contributed by atoms with Gasteiger partial charge in [-0.2, -0.15) is 5.10 Å². The van der Waals surface area contributed by atoms with Crippen molar-refractivity contribution in [1.82, 2.24) is 35.2 Å². The number of aryl methyl sites for hydroxylation is 3. The molecule has 0 fully saturated rings. The molecule has 0 saturated carbocycles. The highest BCUT2D eigenvalue weighted by Gasteiger charge is 2.16.